The Morgan fingerprint density at radius 3 is 2.58 bits per heavy atom. The molecule has 2 aromatic rings. The average Bonchev–Trinajstić information content (AvgIpc) is 2.36. The van der Waals surface area contributed by atoms with Gasteiger partial charge >= 0.3 is 5.69 Å². The fraction of sp³-hybridized carbons (Fsp3) is 0.143. The lowest BCUT2D eigenvalue weighted by Crippen LogP contribution is -2.00. The van der Waals surface area contributed by atoms with Gasteiger partial charge in [-0.3, -0.25) is 10.1 Å². The van der Waals surface area contributed by atoms with E-state index in [4.69, 9.17) is 4.74 Å². The fourth-order valence-electron chi connectivity index (χ4n) is 1.78. The molecule has 0 bridgehead atoms. The molecule has 0 fully saturated rings. The number of rotatable bonds is 4. The molecule has 0 N–H and O–H groups in total. The zero-order valence-corrected chi connectivity index (χ0v) is 11.9. The molecule has 2 aromatic carbocycles. The first-order chi connectivity index (χ1) is 9.08. The predicted molar refractivity (Wildman–Crippen MR) is 76.3 cm³/mol. The van der Waals surface area contributed by atoms with Gasteiger partial charge in [-0.05, 0) is 18.6 Å². The van der Waals surface area contributed by atoms with Gasteiger partial charge in [-0.1, -0.05) is 46.3 Å². The highest BCUT2D eigenvalue weighted by Gasteiger charge is 2.19. The lowest BCUT2D eigenvalue weighted by atomic mass is 10.2. The third-order valence-electron chi connectivity index (χ3n) is 2.65. The molecule has 0 unspecified atom stereocenters. The van der Waals surface area contributed by atoms with E-state index in [1.807, 2.05) is 30.3 Å². The van der Waals surface area contributed by atoms with Crippen LogP contribution in [-0.2, 0) is 6.61 Å². The summed E-state index contributed by atoms with van der Waals surface area (Å²) in [6.07, 6.45) is 0. The van der Waals surface area contributed by atoms with Gasteiger partial charge in [0.05, 0.1) is 4.92 Å². The highest BCUT2D eigenvalue weighted by atomic mass is 79.9. The van der Waals surface area contributed by atoms with Crippen LogP contribution in [-0.4, -0.2) is 4.92 Å². The number of ether oxygens (including phenoxy) is 1. The number of nitro benzene ring substituents is 1. The smallest absolute Gasteiger partial charge is 0.313 e. The van der Waals surface area contributed by atoms with Crippen LogP contribution < -0.4 is 4.74 Å². The molecule has 19 heavy (non-hydrogen) atoms. The normalized spacial score (nSPS) is 10.2. The molecular weight excluding hydrogens is 310 g/mol. The molecular formula is C14H12BrNO3. The molecule has 5 heteroatoms. The molecule has 4 nitrogen and oxygen atoms in total. The second-order valence-corrected chi connectivity index (χ2v) is 5.02. The Bertz CT molecular complexity index is 599. The number of nitro groups is 1. The lowest BCUT2D eigenvalue weighted by Gasteiger charge is -2.09. The zero-order valence-electron chi connectivity index (χ0n) is 10.3. The summed E-state index contributed by atoms with van der Waals surface area (Å²) in [5, 5.41) is 11.1. The first-order valence-electron chi connectivity index (χ1n) is 5.69. The quantitative estimate of drug-likeness (QED) is 0.625. The Labute approximate surface area is 119 Å². The van der Waals surface area contributed by atoms with E-state index in [0.717, 1.165) is 10.0 Å². The first kappa shape index (κ1) is 13.5. The Hall–Kier alpha value is -1.88. The highest BCUT2D eigenvalue weighted by Crippen LogP contribution is 2.34. The number of hydrogen-bond donors (Lipinski definition) is 0. The largest absolute Gasteiger partial charge is 0.482 e. The summed E-state index contributed by atoms with van der Waals surface area (Å²) in [5.41, 5.74) is 1.55. The fourth-order valence-corrected chi connectivity index (χ4v) is 2.34. The molecule has 0 aliphatic carbocycles. The van der Waals surface area contributed by atoms with Gasteiger partial charge in [0.2, 0.25) is 0 Å². The number of aryl methyl sites for hydroxylation is 1. The van der Waals surface area contributed by atoms with Crippen molar-refractivity contribution in [3.63, 3.8) is 0 Å². The molecule has 0 saturated heterocycles. The van der Waals surface area contributed by atoms with E-state index in [2.05, 4.69) is 15.9 Å². The van der Waals surface area contributed by atoms with Crippen LogP contribution in [0.15, 0.2) is 46.9 Å². The van der Waals surface area contributed by atoms with Gasteiger partial charge in [-0.2, -0.15) is 0 Å². The van der Waals surface area contributed by atoms with Gasteiger partial charge in [-0.15, -0.1) is 0 Å². The van der Waals surface area contributed by atoms with Crippen molar-refractivity contribution >= 4 is 21.6 Å². The Morgan fingerprint density at radius 2 is 1.95 bits per heavy atom. The summed E-state index contributed by atoms with van der Waals surface area (Å²) in [6, 6.07) is 12.9. The van der Waals surface area contributed by atoms with Crippen LogP contribution in [0.4, 0.5) is 5.69 Å². The summed E-state index contributed by atoms with van der Waals surface area (Å²) in [4.78, 5) is 10.7. The van der Waals surface area contributed by atoms with Crippen LogP contribution in [0.5, 0.6) is 5.75 Å². The molecule has 0 spiro atoms. The summed E-state index contributed by atoms with van der Waals surface area (Å²) in [6.45, 7) is 2.00. The molecule has 0 aliphatic rings. The van der Waals surface area contributed by atoms with Crippen molar-refractivity contribution in [2.24, 2.45) is 0 Å². The first-order valence-corrected chi connectivity index (χ1v) is 6.48. The maximum absolute atomic E-state index is 11.1. The summed E-state index contributed by atoms with van der Waals surface area (Å²) < 4.78 is 6.34. The summed E-state index contributed by atoms with van der Waals surface area (Å²) in [7, 11) is 0. The molecule has 0 atom stereocenters. The van der Waals surface area contributed by atoms with E-state index in [-0.39, 0.29) is 11.4 Å². The monoisotopic (exact) mass is 321 g/mol. The second kappa shape index (κ2) is 5.84. The van der Waals surface area contributed by atoms with Gasteiger partial charge in [0.15, 0.2) is 5.75 Å². The average molecular weight is 322 g/mol. The van der Waals surface area contributed by atoms with Crippen LogP contribution in [0.2, 0.25) is 0 Å². The van der Waals surface area contributed by atoms with E-state index in [0.29, 0.717) is 12.2 Å². The van der Waals surface area contributed by atoms with Crippen molar-refractivity contribution in [2.75, 3.05) is 0 Å². The standard InChI is InChI=1S/C14H12BrNO3/c1-10-7-12(15)8-13(14(10)16(17)18)19-9-11-5-3-2-4-6-11/h2-8H,9H2,1H3. The third-order valence-corrected chi connectivity index (χ3v) is 3.11. The van der Waals surface area contributed by atoms with Crippen LogP contribution in [0, 0.1) is 17.0 Å². The zero-order chi connectivity index (χ0) is 13.8. The van der Waals surface area contributed by atoms with Crippen molar-refractivity contribution in [3.8, 4) is 5.75 Å². The SMILES string of the molecule is Cc1cc(Br)cc(OCc2ccccc2)c1[N+](=O)[O-]. The highest BCUT2D eigenvalue weighted by molar-refractivity contribution is 9.10. The van der Waals surface area contributed by atoms with E-state index < -0.39 is 4.92 Å². The number of nitrogens with zero attached hydrogens (tertiary/aromatic N) is 1. The molecule has 0 amide bonds. The molecule has 0 heterocycles. The van der Waals surface area contributed by atoms with Crippen LogP contribution >= 0.6 is 15.9 Å². The van der Waals surface area contributed by atoms with Gasteiger partial charge < -0.3 is 4.74 Å². The van der Waals surface area contributed by atoms with E-state index in [1.54, 1.807) is 19.1 Å². The van der Waals surface area contributed by atoms with Crippen LogP contribution in [0.1, 0.15) is 11.1 Å². The van der Waals surface area contributed by atoms with Crippen molar-refractivity contribution in [1.29, 1.82) is 0 Å². The minimum absolute atomic E-state index is 0.0131. The lowest BCUT2D eigenvalue weighted by molar-refractivity contribution is -0.386. The molecule has 0 saturated carbocycles. The van der Waals surface area contributed by atoms with E-state index >= 15 is 0 Å². The molecule has 2 rings (SSSR count). The van der Waals surface area contributed by atoms with Gasteiger partial charge in [0.25, 0.3) is 0 Å². The molecule has 98 valence electrons. The maximum Gasteiger partial charge on any atom is 0.313 e. The van der Waals surface area contributed by atoms with Crippen molar-refractivity contribution < 1.29 is 9.66 Å². The Morgan fingerprint density at radius 1 is 1.26 bits per heavy atom. The van der Waals surface area contributed by atoms with Crippen LogP contribution in [0.25, 0.3) is 0 Å². The van der Waals surface area contributed by atoms with Crippen molar-refractivity contribution in [2.45, 2.75) is 13.5 Å². The molecule has 0 aromatic heterocycles. The second-order valence-electron chi connectivity index (χ2n) is 4.10. The number of benzene rings is 2. The van der Waals surface area contributed by atoms with Crippen molar-refractivity contribution in [3.05, 3.63) is 68.2 Å². The maximum atomic E-state index is 11.1. The van der Waals surface area contributed by atoms with Gasteiger partial charge in [0.1, 0.15) is 6.61 Å². The molecule has 0 radical (unpaired) electrons. The number of hydrogen-bond acceptors (Lipinski definition) is 3. The van der Waals surface area contributed by atoms with Gasteiger partial charge in [0, 0.05) is 16.1 Å². The molecule has 0 aliphatic heterocycles. The minimum atomic E-state index is -0.415. The summed E-state index contributed by atoms with van der Waals surface area (Å²) in [5.74, 6) is 0.278. The topological polar surface area (TPSA) is 52.4 Å². The number of halogens is 1. The minimum Gasteiger partial charge on any atom is -0.482 e. The van der Waals surface area contributed by atoms with E-state index in [9.17, 15) is 10.1 Å². The summed E-state index contributed by atoms with van der Waals surface area (Å²) >= 11 is 3.32. The van der Waals surface area contributed by atoms with Gasteiger partial charge in [-0.25, -0.2) is 0 Å². The van der Waals surface area contributed by atoms with E-state index in [1.165, 1.54) is 0 Å². The predicted octanol–water partition coefficient (Wildman–Crippen LogP) is 4.24. The third kappa shape index (κ3) is 3.32. The Kier molecular flexibility index (Phi) is 4.16. The Balaban J connectivity index is 2.27. The van der Waals surface area contributed by atoms with Crippen molar-refractivity contribution in [1.82, 2.24) is 0 Å². The van der Waals surface area contributed by atoms with Crippen LogP contribution in [0.3, 0.4) is 0 Å².